The number of rotatable bonds is 7. The molecule has 7 nitrogen and oxygen atoms in total. The van der Waals surface area contributed by atoms with Crippen LogP contribution < -0.4 is 15.4 Å². The lowest BCUT2D eigenvalue weighted by Gasteiger charge is -2.11. The number of para-hydroxylation sites is 2. The van der Waals surface area contributed by atoms with Crippen molar-refractivity contribution in [2.45, 2.75) is 6.92 Å². The largest absolute Gasteiger partial charge is 0.482 e. The van der Waals surface area contributed by atoms with Crippen LogP contribution in [0.5, 0.6) is 5.75 Å². The summed E-state index contributed by atoms with van der Waals surface area (Å²) in [6.07, 6.45) is 0. The Bertz CT molecular complexity index is 1000. The molecule has 3 aromatic rings. The molecule has 7 heteroatoms. The van der Waals surface area contributed by atoms with E-state index in [-0.39, 0.29) is 18.4 Å². The molecule has 3 aromatic carbocycles. The Labute approximate surface area is 168 Å². The van der Waals surface area contributed by atoms with E-state index in [1.165, 1.54) is 6.92 Å². The lowest BCUT2D eigenvalue weighted by atomic mass is 10.3. The van der Waals surface area contributed by atoms with Crippen LogP contribution in [0.4, 0.5) is 22.7 Å². The molecule has 0 saturated heterocycles. The van der Waals surface area contributed by atoms with E-state index >= 15 is 0 Å². The number of nitrogens with one attached hydrogen (secondary N) is 2. The summed E-state index contributed by atoms with van der Waals surface area (Å²) in [4.78, 5) is 23.4. The number of anilines is 2. The van der Waals surface area contributed by atoms with Gasteiger partial charge in [-0.05, 0) is 48.5 Å². The van der Waals surface area contributed by atoms with Crippen LogP contribution in [0.1, 0.15) is 6.92 Å². The fourth-order valence-electron chi connectivity index (χ4n) is 2.45. The molecule has 0 aromatic heterocycles. The first-order valence-corrected chi connectivity index (χ1v) is 8.96. The number of hydrogen-bond donors (Lipinski definition) is 2. The Balaban J connectivity index is 1.53. The van der Waals surface area contributed by atoms with Crippen LogP contribution in [0, 0.1) is 0 Å². The van der Waals surface area contributed by atoms with Crippen LogP contribution in [-0.2, 0) is 9.59 Å². The number of hydrogen-bond acceptors (Lipinski definition) is 5. The van der Waals surface area contributed by atoms with Crippen LogP contribution in [0.3, 0.4) is 0 Å². The molecule has 146 valence electrons. The van der Waals surface area contributed by atoms with Crippen molar-refractivity contribution in [1.29, 1.82) is 0 Å². The van der Waals surface area contributed by atoms with E-state index in [4.69, 9.17) is 4.74 Å². The molecule has 0 heterocycles. The van der Waals surface area contributed by atoms with Gasteiger partial charge in [0, 0.05) is 12.6 Å². The quantitative estimate of drug-likeness (QED) is 0.553. The molecule has 0 spiro atoms. The summed E-state index contributed by atoms with van der Waals surface area (Å²) < 4.78 is 5.52. The summed E-state index contributed by atoms with van der Waals surface area (Å²) in [5, 5.41) is 13.7. The van der Waals surface area contributed by atoms with Crippen LogP contribution in [0.15, 0.2) is 89.1 Å². The van der Waals surface area contributed by atoms with Crippen molar-refractivity contribution in [2.75, 3.05) is 17.2 Å². The minimum atomic E-state index is -0.318. The molecule has 2 N–H and O–H groups in total. The Morgan fingerprint density at radius 3 is 2.10 bits per heavy atom. The predicted octanol–water partition coefficient (Wildman–Crippen LogP) is 5.08. The lowest BCUT2D eigenvalue weighted by molar-refractivity contribution is -0.118. The van der Waals surface area contributed by atoms with Crippen molar-refractivity contribution >= 4 is 34.6 Å². The molecule has 0 aliphatic carbocycles. The van der Waals surface area contributed by atoms with E-state index < -0.39 is 0 Å². The molecule has 0 radical (unpaired) electrons. The molecule has 0 saturated carbocycles. The molecule has 0 atom stereocenters. The molecule has 29 heavy (non-hydrogen) atoms. The fourth-order valence-corrected chi connectivity index (χ4v) is 2.45. The lowest BCUT2D eigenvalue weighted by Crippen LogP contribution is -2.20. The first-order chi connectivity index (χ1) is 14.1. The minimum absolute atomic E-state index is 0.188. The monoisotopic (exact) mass is 388 g/mol. The van der Waals surface area contributed by atoms with Gasteiger partial charge in [0.2, 0.25) is 5.91 Å². The first-order valence-electron chi connectivity index (χ1n) is 8.96. The highest BCUT2D eigenvalue weighted by Crippen LogP contribution is 2.24. The molecule has 0 aliphatic heterocycles. The molecule has 0 aliphatic rings. The number of ether oxygens (including phenoxy) is 1. The summed E-state index contributed by atoms with van der Waals surface area (Å²) in [6.45, 7) is 1.22. The number of carbonyl (C=O) groups is 2. The van der Waals surface area contributed by atoms with Crippen molar-refractivity contribution in [2.24, 2.45) is 10.2 Å². The van der Waals surface area contributed by atoms with Crippen molar-refractivity contribution < 1.29 is 14.3 Å². The zero-order valence-electron chi connectivity index (χ0n) is 15.8. The van der Waals surface area contributed by atoms with Gasteiger partial charge in [-0.25, -0.2) is 0 Å². The van der Waals surface area contributed by atoms with Gasteiger partial charge in [-0.15, -0.1) is 0 Å². The average Bonchev–Trinajstić information content (AvgIpc) is 2.73. The predicted molar refractivity (Wildman–Crippen MR) is 112 cm³/mol. The van der Waals surface area contributed by atoms with Crippen LogP contribution >= 0.6 is 0 Å². The van der Waals surface area contributed by atoms with Gasteiger partial charge in [-0.2, -0.15) is 10.2 Å². The van der Waals surface area contributed by atoms with Gasteiger partial charge in [0.05, 0.1) is 17.1 Å². The van der Waals surface area contributed by atoms with Crippen LogP contribution in [0.25, 0.3) is 0 Å². The molecule has 3 rings (SSSR count). The standard InChI is InChI=1S/C22H20N4O3/c1-16(27)23-20-9-5-6-10-21(20)29-15-22(28)24-17-11-13-19(14-12-17)26-25-18-7-3-2-4-8-18/h2-14H,15H2,1H3,(H,23,27)(H,24,28). The molecule has 2 amide bonds. The smallest absolute Gasteiger partial charge is 0.262 e. The molecular weight excluding hydrogens is 368 g/mol. The molecular formula is C22H20N4O3. The zero-order chi connectivity index (χ0) is 20.5. The third-order valence-corrected chi connectivity index (χ3v) is 3.74. The molecule has 0 bridgehead atoms. The van der Waals surface area contributed by atoms with Gasteiger partial charge < -0.3 is 15.4 Å². The van der Waals surface area contributed by atoms with E-state index in [2.05, 4.69) is 20.9 Å². The third kappa shape index (κ3) is 6.28. The molecule has 0 fully saturated rings. The topological polar surface area (TPSA) is 92.1 Å². The van der Waals surface area contributed by atoms with Crippen LogP contribution in [0.2, 0.25) is 0 Å². The summed E-state index contributed by atoms with van der Waals surface area (Å²) in [5.74, 6) is -0.106. The second-order valence-electron chi connectivity index (χ2n) is 6.10. The summed E-state index contributed by atoms with van der Waals surface area (Å²) in [7, 11) is 0. The fraction of sp³-hybridized carbons (Fsp3) is 0.0909. The SMILES string of the molecule is CC(=O)Nc1ccccc1OCC(=O)Nc1ccc(N=Nc2ccccc2)cc1. The van der Waals surface area contributed by atoms with E-state index in [0.29, 0.717) is 22.8 Å². The van der Waals surface area contributed by atoms with E-state index in [1.807, 2.05) is 30.3 Å². The zero-order valence-corrected chi connectivity index (χ0v) is 15.8. The van der Waals surface area contributed by atoms with Gasteiger partial charge in [0.25, 0.3) is 5.91 Å². The Kier molecular flexibility index (Phi) is 6.67. The van der Waals surface area contributed by atoms with E-state index in [1.54, 1.807) is 48.5 Å². The van der Waals surface area contributed by atoms with Crippen LogP contribution in [-0.4, -0.2) is 18.4 Å². The maximum absolute atomic E-state index is 12.1. The van der Waals surface area contributed by atoms with Crippen molar-refractivity contribution in [3.05, 3.63) is 78.9 Å². The number of amides is 2. The first kappa shape index (κ1) is 19.8. The van der Waals surface area contributed by atoms with Gasteiger partial charge in [-0.3, -0.25) is 9.59 Å². The van der Waals surface area contributed by atoms with E-state index in [9.17, 15) is 9.59 Å². The third-order valence-electron chi connectivity index (χ3n) is 3.74. The Morgan fingerprint density at radius 2 is 1.41 bits per heavy atom. The van der Waals surface area contributed by atoms with E-state index in [0.717, 1.165) is 5.69 Å². The van der Waals surface area contributed by atoms with Crippen molar-refractivity contribution in [3.63, 3.8) is 0 Å². The summed E-state index contributed by atoms with van der Waals surface area (Å²) >= 11 is 0. The van der Waals surface area contributed by atoms with Crippen molar-refractivity contribution in [1.82, 2.24) is 0 Å². The second kappa shape index (κ2) is 9.80. The maximum Gasteiger partial charge on any atom is 0.262 e. The highest BCUT2D eigenvalue weighted by Gasteiger charge is 2.08. The maximum atomic E-state index is 12.1. The van der Waals surface area contributed by atoms with Crippen molar-refractivity contribution in [3.8, 4) is 5.75 Å². The minimum Gasteiger partial charge on any atom is -0.482 e. The number of nitrogens with zero attached hydrogens (tertiary/aromatic N) is 2. The highest BCUT2D eigenvalue weighted by atomic mass is 16.5. The molecule has 0 unspecified atom stereocenters. The summed E-state index contributed by atoms with van der Waals surface area (Å²) in [5.41, 5.74) is 2.57. The number of benzene rings is 3. The second-order valence-corrected chi connectivity index (χ2v) is 6.10. The van der Waals surface area contributed by atoms with Gasteiger partial charge in [0.1, 0.15) is 5.75 Å². The number of carbonyl (C=O) groups excluding carboxylic acids is 2. The average molecular weight is 388 g/mol. The Hall–Kier alpha value is -4.00. The summed E-state index contributed by atoms with van der Waals surface area (Å²) in [6, 6.07) is 23.4. The highest BCUT2D eigenvalue weighted by molar-refractivity contribution is 5.93. The number of azo groups is 1. The van der Waals surface area contributed by atoms with Gasteiger partial charge >= 0.3 is 0 Å². The van der Waals surface area contributed by atoms with Gasteiger partial charge in [-0.1, -0.05) is 30.3 Å². The normalized spacial score (nSPS) is 10.5. The van der Waals surface area contributed by atoms with Gasteiger partial charge in [0.15, 0.2) is 6.61 Å². The Morgan fingerprint density at radius 1 is 0.793 bits per heavy atom.